The van der Waals surface area contributed by atoms with Crippen LogP contribution in [0.4, 0.5) is 11.4 Å². The molecule has 1 atom stereocenters. The topological polar surface area (TPSA) is 111 Å². The predicted molar refractivity (Wildman–Crippen MR) is 94.5 cm³/mol. The summed E-state index contributed by atoms with van der Waals surface area (Å²) in [5.41, 5.74) is 7.23. The molecule has 7 nitrogen and oxygen atoms in total. The number of nitrogens with two attached hydrogens (primary N) is 1. The molecule has 0 heterocycles. The number of rotatable bonds is 6. The Morgan fingerprint density at radius 3 is 1.96 bits per heavy atom. The van der Waals surface area contributed by atoms with Crippen molar-refractivity contribution in [3.8, 4) is 0 Å². The van der Waals surface area contributed by atoms with Crippen molar-refractivity contribution in [2.24, 2.45) is 5.73 Å². The predicted octanol–water partition coefficient (Wildman–Crippen LogP) is 2.01. The zero-order valence-corrected chi connectivity index (χ0v) is 13.9. The second kappa shape index (κ2) is 7.96. The van der Waals surface area contributed by atoms with E-state index < -0.39 is 17.9 Å². The van der Waals surface area contributed by atoms with Gasteiger partial charge in [0.25, 0.3) is 0 Å². The van der Waals surface area contributed by atoms with Gasteiger partial charge in [-0.05, 0) is 55.5 Å². The standard InChI is InChI=1S/C18H19N3O4/c1-11(20-14-9-5-13(6-10-14)18(24)25-2)17(23)21-15-7-3-12(4-8-15)16(19)22/h3-11,20H,1-2H3,(H2,19,22)(H,21,23)/t11-/m1/s1. The van der Waals surface area contributed by atoms with E-state index in [1.54, 1.807) is 55.5 Å². The van der Waals surface area contributed by atoms with Crippen molar-refractivity contribution in [1.82, 2.24) is 0 Å². The van der Waals surface area contributed by atoms with E-state index in [4.69, 9.17) is 5.73 Å². The molecule has 0 saturated heterocycles. The lowest BCUT2D eigenvalue weighted by Crippen LogP contribution is -2.31. The van der Waals surface area contributed by atoms with Gasteiger partial charge in [0, 0.05) is 16.9 Å². The SMILES string of the molecule is COC(=O)c1ccc(N[C@H](C)C(=O)Nc2ccc(C(N)=O)cc2)cc1. The van der Waals surface area contributed by atoms with E-state index in [0.717, 1.165) is 0 Å². The zero-order valence-electron chi connectivity index (χ0n) is 13.9. The number of carbonyl (C=O) groups is 3. The van der Waals surface area contributed by atoms with E-state index in [-0.39, 0.29) is 5.91 Å². The molecule has 4 N–H and O–H groups in total. The van der Waals surface area contributed by atoms with Crippen LogP contribution in [-0.4, -0.2) is 30.9 Å². The van der Waals surface area contributed by atoms with Crippen LogP contribution in [0.3, 0.4) is 0 Å². The fourth-order valence-corrected chi connectivity index (χ4v) is 2.10. The highest BCUT2D eigenvalue weighted by Crippen LogP contribution is 2.13. The average Bonchev–Trinajstić information content (AvgIpc) is 2.62. The Hall–Kier alpha value is -3.35. The van der Waals surface area contributed by atoms with Crippen LogP contribution in [0.1, 0.15) is 27.6 Å². The first kappa shape index (κ1) is 18.0. The third kappa shape index (κ3) is 4.81. The van der Waals surface area contributed by atoms with Crippen LogP contribution < -0.4 is 16.4 Å². The van der Waals surface area contributed by atoms with Crippen molar-refractivity contribution in [1.29, 1.82) is 0 Å². The molecular weight excluding hydrogens is 322 g/mol. The van der Waals surface area contributed by atoms with E-state index >= 15 is 0 Å². The summed E-state index contributed by atoms with van der Waals surface area (Å²) >= 11 is 0. The molecule has 0 aliphatic rings. The van der Waals surface area contributed by atoms with Gasteiger partial charge < -0.3 is 21.1 Å². The number of carbonyl (C=O) groups excluding carboxylic acids is 3. The van der Waals surface area contributed by atoms with Crippen molar-refractivity contribution in [3.05, 3.63) is 59.7 Å². The van der Waals surface area contributed by atoms with Crippen molar-refractivity contribution >= 4 is 29.2 Å². The molecule has 0 bridgehead atoms. The van der Waals surface area contributed by atoms with Crippen LogP contribution in [0.5, 0.6) is 0 Å². The first-order valence-electron chi connectivity index (χ1n) is 7.56. The molecule has 0 aliphatic carbocycles. The minimum atomic E-state index is -0.525. The molecule has 2 aromatic rings. The molecule has 130 valence electrons. The average molecular weight is 341 g/mol. The first-order valence-corrected chi connectivity index (χ1v) is 7.56. The Balaban J connectivity index is 1.95. The van der Waals surface area contributed by atoms with Gasteiger partial charge in [-0.25, -0.2) is 4.79 Å². The van der Waals surface area contributed by atoms with E-state index in [1.807, 2.05) is 0 Å². The molecule has 0 radical (unpaired) electrons. The summed E-state index contributed by atoms with van der Waals surface area (Å²) in [6.45, 7) is 1.71. The number of hydrogen-bond donors (Lipinski definition) is 3. The third-order valence-corrected chi connectivity index (χ3v) is 3.52. The lowest BCUT2D eigenvalue weighted by atomic mass is 10.2. The molecule has 0 spiro atoms. The monoisotopic (exact) mass is 341 g/mol. The first-order chi connectivity index (χ1) is 11.9. The summed E-state index contributed by atoms with van der Waals surface area (Å²) in [6, 6.07) is 12.4. The molecule has 25 heavy (non-hydrogen) atoms. The summed E-state index contributed by atoms with van der Waals surface area (Å²) in [5, 5.41) is 5.78. The number of methoxy groups -OCH3 is 1. The van der Waals surface area contributed by atoms with Gasteiger partial charge in [-0.1, -0.05) is 0 Å². The van der Waals surface area contributed by atoms with Gasteiger partial charge >= 0.3 is 5.97 Å². The Morgan fingerprint density at radius 2 is 1.44 bits per heavy atom. The fraction of sp³-hybridized carbons (Fsp3) is 0.167. The van der Waals surface area contributed by atoms with Gasteiger partial charge in [0.2, 0.25) is 11.8 Å². The number of hydrogen-bond acceptors (Lipinski definition) is 5. The summed E-state index contributed by atoms with van der Waals surface area (Å²) in [5.74, 6) is -1.19. The number of nitrogens with one attached hydrogen (secondary N) is 2. The smallest absolute Gasteiger partial charge is 0.337 e. The molecule has 2 aromatic carbocycles. The second-order valence-corrected chi connectivity index (χ2v) is 5.37. The molecular formula is C18H19N3O4. The number of ether oxygens (including phenoxy) is 1. The van der Waals surface area contributed by atoms with E-state index in [9.17, 15) is 14.4 Å². The summed E-state index contributed by atoms with van der Waals surface area (Å²) in [4.78, 5) is 34.6. The van der Waals surface area contributed by atoms with Crippen molar-refractivity contribution < 1.29 is 19.1 Å². The normalized spacial score (nSPS) is 11.3. The molecule has 2 rings (SSSR count). The molecule has 0 saturated carbocycles. The molecule has 2 amide bonds. The van der Waals surface area contributed by atoms with E-state index in [2.05, 4.69) is 15.4 Å². The lowest BCUT2D eigenvalue weighted by Gasteiger charge is -2.15. The quantitative estimate of drug-likeness (QED) is 0.696. The molecule has 0 fully saturated rings. The van der Waals surface area contributed by atoms with Gasteiger partial charge in [0.05, 0.1) is 12.7 Å². The van der Waals surface area contributed by atoms with Gasteiger partial charge in [0.15, 0.2) is 0 Å². The number of primary amides is 1. The fourth-order valence-electron chi connectivity index (χ4n) is 2.10. The van der Waals surface area contributed by atoms with Crippen LogP contribution >= 0.6 is 0 Å². The summed E-state index contributed by atoms with van der Waals surface area (Å²) in [7, 11) is 1.32. The summed E-state index contributed by atoms with van der Waals surface area (Å²) < 4.78 is 4.63. The molecule has 0 aliphatic heterocycles. The highest BCUT2D eigenvalue weighted by molar-refractivity contribution is 5.97. The Kier molecular flexibility index (Phi) is 5.73. The lowest BCUT2D eigenvalue weighted by molar-refractivity contribution is -0.116. The highest BCUT2D eigenvalue weighted by atomic mass is 16.5. The number of anilines is 2. The van der Waals surface area contributed by atoms with Crippen molar-refractivity contribution in [3.63, 3.8) is 0 Å². The van der Waals surface area contributed by atoms with Crippen LogP contribution in [-0.2, 0) is 9.53 Å². The van der Waals surface area contributed by atoms with E-state index in [0.29, 0.717) is 22.5 Å². The minimum absolute atomic E-state index is 0.246. The minimum Gasteiger partial charge on any atom is -0.465 e. The van der Waals surface area contributed by atoms with Crippen LogP contribution in [0.25, 0.3) is 0 Å². The van der Waals surface area contributed by atoms with Gasteiger partial charge in [-0.3, -0.25) is 9.59 Å². The van der Waals surface area contributed by atoms with Gasteiger partial charge in [-0.2, -0.15) is 0 Å². The third-order valence-electron chi connectivity index (χ3n) is 3.52. The van der Waals surface area contributed by atoms with Crippen LogP contribution in [0, 0.1) is 0 Å². The maximum Gasteiger partial charge on any atom is 0.337 e. The maximum atomic E-state index is 12.2. The number of benzene rings is 2. The van der Waals surface area contributed by atoms with Crippen molar-refractivity contribution in [2.75, 3.05) is 17.7 Å². The Morgan fingerprint density at radius 1 is 0.920 bits per heavy atom. The number of esters is 1. The van der Waals surface area contributed by atoms with E-state index in [1.165, 1.54) is 7.11 Å². The largest absolute Gasteiger partial charge is 0.465 e. The summed E-state index contributed by atoms with van der Waals surface area (Å²) in [6.07, 6.45) is 0. The maximum absolute atomic E-state index is 12.2. The Bertz CT molecular complexity index is 770. The van der Waals surface area contributed by atoms with Crippen LogP contribution in [0.15, 0.2) is 48.5 Å². The Labute approximate surface area is 145 Å². The second-order valence-electron chi connectivity index (χ2n) is 5.37. The molecule has 0 unspecified atom stereocenters. The molecule has 0 aromatic heterocycles. The number of amides is 2. The van der Waals surface area contributed by atoms with Gasteiger partial charge in [-0.15, -0.1) is 0 Å². The van der Waals surface area contributed by atoms with Crippen molar-refractivity contribution in [2.45, 2.75) is 13.0 Å². The zero-order chi connectivity index (χ0) is 18.4. The van der Waals surface area contributed by atoms with Crippen LogP contribution in [0.2, 0.25) is 0 Å². The highest BCUT2D eigenvalue weighted by Gasteiger charge is 2.13. The molecule has 7 heteroatoms. The van der Waals surface area contributed by atoms with Gasteiger partial charge in [0.1, 0.15) is 6.04 Å².